The maximum Gasteiger partial charge on any atom is 0.308 e. The van der Waals surface area contributed by atoms with Gasteiger partial charge in [-0.25, -0.2) is 4.90 Å². The molecular weight excluding hydrogens is 654 g/mol. The Morgan fingerprint density at radius 3 is 2.16 bits per heavy atom. The number of imide groups is 1. The van der Waals surface area contributed by atoms with E-state index in [1.165, 1.54) is 21.2 Å². The molecule has 0 saturated carbocycles. The van der Waals surface area contributed by atoms with Crippen molar-refractivity contribution >= 4 is 78.4 Å². The highest BCUT2D eigenvalue weighted by molar-refractivity contribution is 9.10. The lowest BCUT2D eigenvalue weighted by Gasteiger charge is -2.31. The average Bonchev–Trinajstić information content (AvgIpc) is 3.36. The molecule has 0 bridgehead atoms. The number of hydrogen-bond acceptors (Lipinski definition) is 6. The molecule has 4 heterocycles. The Morgan fingerprint density at radius 2 is 1.50 bits per heavy atom. The summed E-state index contributed by atoms with van der Waals surface area (Å²) in [6.45, 7) is 1.35. The van der Waals surface area contributed by atoms with Crippen molar-refractivity contribution < 1.29 is 14.4 Å². The first-order chi connectivity index (χ1) is 18.3. The lowest BCUT2D eigenvalue weighted by atomic mass is 9.83. The third-order valence-electron chi connectivity index (χ3n) is 7.37. The third-order valence-corrected chi connectivity index (χ3v) is 11.0. The number of thiazole rings is 1. The van der Waals surface area contributed by atoms with E-state index >= 15 is 0 Å². The quantitative estimate of drug-likeness (QED) is 0.353. The molecule has 0 radical (unpaired) electrons. The number of piperidine rings is 1. The van der Waals surface area contributed by atoms with Gasteiger partial charge in [-0.2, -0.15) is 0 Å². The van der Waals surface area contributed by atoms with Crippen LogP contribution in [0, 0.1) is 5.92 Å². The van der Waals surface area contributed by atoms with Gasteiger partial charge >= 0.3 is 4.87 Å². The number of rotatable bonds is 4. The fourth-order valence-electron chi connectivity index (χ4n) is 5.51. The number of likely N-dealkylation sites (tertiary alicyclic amines) is 1. The largest absolute Gasteiger partial charge is 0.341 e. The lowest BCUT2D eigenvalue weighted by molar-refractivity contribution is -0.133. The zero-order valence-electron chi connectivity index (χ0n) is 20.1. The molecule has 11 heteroatoms. The van der Waals surface area contributed by atoms with E-state index in [4.69, 9.17) is 0 Å². The van der Waals surface area contributed by atoms with Gasteiger partial charge < -0.3 is 4.90 Å². The number of benzene rings is 2. The SMILES string of the molecule is O=C(Cn1c2c(sc1=O)[C@@H](c1ccc(Br)cc1)[C@@H]1C(=O)N(c3ccc(Br)cc3)C(=O)[C@@H]1S2)N1CCCCC1. The van der Waals surface area contributed by atoms with Crippen LogP contribution in [0.1, 0.15) is 35.6 Å². The molecular formula is C27H23Br2N3O4S2. The summed E-state index contributed by atoms with van der Waals surface area (Å²) in [6, 6.07) is 14.8. The van der Waals surface area contributed by atoms with Crippen molar-refractivity contribution in [3.05, 3.63) is 77.6 Å². The van der Waals surface area contributed by atoms with E-state index < -0.39 is 17.1 Å². The van der Waals surface area contributed by atoms with Crippen molar-refractivity contribution in [2.45, 2.75) is 42.0 Å². The Balaban J connectivity index is 1.43. The zero-order chi connectivity index (χ0) is 26.6. The van der Waals surface area contributed by atoms with E-state index in [1.54, 1.807) is 24.3 Å². The van der Waals surface area contributed by atoms with Crippen LogP contribution in [0.2, 0.25) is 0 Å². The highest BCUT2D eigenvalue weighted by Crippen LogP contribution is 2.54. The second-order valence-electron chi connectivity index (χ2n) is 9.65. The molecule has 0 aliphatic carbocycles. The van der Waals surface area contributed by atoms with Gasteiger partial charge in [0, 0.05) is 32.8 Å². The number of carbonyl (C=O) groups excluding carboxylic acids is 3. The highest BCUT2D eigenvalue weighted by atomic mass is 79.9. The predicted molar refractivity (Wildman–Crippen MR) is 155 cm³/mol. The molecule has 0 unspecified atom stereocenters. The van der Waals surface area contributed by atoms with Crippen LogP contribution in [0.3, 0.4) is 0 Å². The van der Waals surface area contributed by atoms with Gasteiger partial charge in [-0.05, 0) is 61.2 Å². The summed E-state index contributed by atoms with van der Waals surface area (Å²) in [5.41, 5.74) is 1.38. The molecule has 2 saturated heterocycles. The van der Waals surface area contributed by atoms with Crippen LogP contribution in [0.5, 0.6) is 0 Å². The fourth-order valence-corrected chi connectivity index (χ4v) is 8.81. The first-order valence-corrected chi connectivity index (χ1v) is 15.7. The van der Waals surface area contributed by atoms with Gasteiger partial charge in [0.05, 0.1) is 16.6 Å². The number of amides is 3. The topological polar surface area (TPSA) is 79.7 Å². The fraction of sp³-hybridized carbons (Fsp3) is 0.333. The molecule has 0 spiro atoms. The normalized spacial score (nSPS) is 22.9. The first kappa shape index (κ1) is 26.0. The van der Waals surface area contributed by atoms with Crippen molar-refractivity contribution in [1.82, 2.24) is 9.47 Å². The average molecular weight is 677 g/mol. The molecule has 3 aliphatic heterocycles. The number of fused-ring (bicyclic) bond motifs is 2. The number of anilines is 1. The number of hydrogen-bond donors (Lipinski definition) is 0. The Morgan fingerprint density at radius 1 is 0.868 bits per heavy atom. The minimum Gasteiger partial charge on any atom is -0.341 e. The minimum absolute atomic E-state index is 0.0549. The summed E-state index contributed by atoms with van der Waals surface area (Å²) in [6.07, 6.45) is 3.04. The molecule has 196 valence electrons. The van der Waals surface area contributed by atoms with Gasteiger partial charge in [-0.15, -0.1) is 0 Å². The van der Waals surface area contributed by atoms with E-state index in [1.807, 2.05) is 29.2 Å². The Hall–Kier alpha value is -2.21. The van der Waals surface area contributed by atoms with Crippen molar-refractivity contribution in [2.24, 2.45) is 5.92 Å². The zero-order valence-corrected chi connectivity index (χ0v) is 24.9. The summed E-state index contributed by atoms with van der Waals surface area (Å²) in [5.74, 6) is -1.78. The summed E-state index contributed by atoms with van der Waals surface area (Å²) in [4.78, 5) is 57.7. The second kappa shape index (κ2) is 10.4. The Kier molecular flexibility index (Phi) is 7.13. The van der Waals surface area contributed by atoms with Crippen LogP contribution >= 0.6 is 55.0 Å². The lowest BCUT2D eigenvalue weighted by Crippen LogP contribution is -2.39. The smallest absolute Gasteiger partial charge is 0.308 e. The Bertz CT molecular complexity index is 1480. The van der Waals surface area contributed by atoms with E-state index in [9.17, 15) is 19.2 Å². The molecule has 3 aliphatic rings. The van der Waals surface area contributed by atoms with Crippen LogP contribution in [-0.4, -0.2) is 45.5 Å². The third kappa shape index (κ3) is 4.51. The van der Waals surface area contributed by atoms with Crippen molar-refractivity contribution in [2.75, 3.05) is 18.0 Å². The maximum atomic E-state index is 13.9. The van der Waals surface area contributed by atoms with Gasteiger partial charge in [0.2, 0.25) is 17.7 Å². The second-order valence-corrected chi connectivity index (χ2v) is 13.6. The summed E-state index contributed by atoms with van der Waals surface area (Å²) >= 11 is 9.22. The summed E-state index contributed by atoms with van der Waals surface area (Å²) in [7, 11) is 0. The van der Waals surface area contributed by atoms with Crippen molar-refractivity contribution in [3.63, 3.8) is 0 Å². The van der Waals surface area contributed by atoms with E-state index in [2.05, 4.69) is 31.9 Å². The van der Waals surface area contributed by atoms with Crippen LogP contribution in [0.4, 0.5) is 5.69 Å². The van der Waals surface area contributed by atoms with Crippen LogP contribution in [0.15, 0.2) is 67.3 Å². The van der Waals surface area contributed by atoms with Crippen LogP contribution < -0.4 is 9.77 Å². The predicted octanol–water partition coefficient (Wildman–Crippen LogP) is 5.24. The number of carbonyl (C=O) groups is 3. The summed E-state index contributed by atoms with van der Waals surface area (Å²) < 4.78 is 3.26. The highest BCUT2D eigenvalue weighted by Gasteiger charge is 2.56. The molecule has 2 aromatic carbocycles. The Labute approximate surface area is 244 Å². The molecule has 3 aromatic rings. The van der Waals surface area contributed by atoms with Crippen molar-refractivity contribution in [1.29, 1.82) is 0 Å². The van der Waals surface area contributed by atoms with Crippen LogP contribution in [-0.2, 0) is 20.9 Å². The number of nitrogens with zero attached hydrogens (tertiary/aromatic N) is 3. The number of thioether (sulfide) groups is 1. The van der Waals surface area contributed by atoms with Gasteiger partial charge in [-0.1, -0.05) is 67.1 Å². The standard InChI is InChI=1S/C27H23Br2N3O4S2/c28-16-6-4-15(5-7-16)20-21-22(25(35)32(24(21)34)18-10-8-17(29)9-11-18)37-26-23(20)38-27(36)31(26)14-19(33)30-12-2-1-3-13-30/h4-11,20-22H,1-3,12-14H2/t20-,21-,22+/m0/s1. The molecule has 1 aromatic heterocycles. The van der Waals surface area contributed by atoms with Gasteiger partial charge in [-0.3, -0.25) is 23.7 Å². The van der Waals surface area contributed by atoms with Gasteiger partial charge in [0.1, 0.15) is 11.8 Å². The van der Waals surface area contributed by atoms with E-state index in [0.29, 0.717) is 23.8 Å². The van der Waals surface area contributed by atoms with E-state index in [-0.39, 0.29) is 29.1 Å². The van der Waals surface area contributed by atoms with E-state index in [0.717, 1.165) is 50.0 Å². The first-order valence-electron chi connectivity index (χ1n) is 12.4. The number of halogens is 2. The number of aromatic nitrogens is 1. The summed E-state index contributed by atoms with van der Waals surface area (Å²) in [5, 5.41) is -0.0732. The van der Waals surface area contributed by atoms with Gasteiger partial charge in [0.15, 0.2) is 0 Å². The van der Waals surface area contributed by atoms with Gasteiger partial charge in [0.25, 0.3) is 0 Å². The maximum absolute atomic E-state index is 13.9. The van der Waals surface area contributed by atoms with Crippen LogP contribution in [0.25, 0.3) is 0 Å². The monoisotopic (exact) mass is 675 g/mol. The molecule has 2 fully saturated rings. The molecule has 0 N–H and O–H groups in total. The molecule has 6 rings (SSSR count). The molecule has 3 atom stereocenters. The van der Waals surface area contributed by atoms with Crippen molar-refractivity contribution in [3.8, 4) is 0 Å². The molecule has 7 nitrogen and oxygen atoms in total. The molecule has 3 amide bonds. The minimum atomic E-state index is -0.697. The molecule has 38 heavy (non-hydrogen) atoms.